The molecule has 0 aliphatic heterocycles. The summed E-state index contributed by atoms with van der Waals surface area (Å²) >= 11 is 3.42. The van der Waals surface area contributed by atoms with E-state index in [2.05, 4.69) is 31.2 Å². The van der Waals surface area contributed by atoms with Gasteiger partial charge in [-0.15, -0.1) is 0 Å². The van der Waals surface area contributed by atoms with Crippen LogP contribution < -0.4 is 11.1 Å². The van der Waals surface area contributed by atoms with E-state index in [9.17, 15) is 0 Å². The van der Waals surface area contributed by atoms with Crippen LogP contribution in [0.1, 0.15) is 18.5 Å². The van der Waals surface area contributed by atoms with Gasteiger partial charge in [0, 0.05) is 28.6 Å². The van der Waals surface area contributed by atoms with Crippen LogP contribution in [0.3, 0.4) is 0 Å². The zero-order chi connectivity index (χ0) is 14.8. The maximum atomic E-state index is 6.03. The highest BCUT2D eigenvalue weighted by atomic mass is 79.9. The Kier molecular flexibility index (Phi) is 3.86. The average Bonchev–Trinajstić information content (AvgIpc) is 2.47. The summed E-state index contributed by atoms with van der Waals surface area (Å²) in [4.78, 5) is 8.79. The van der Waals surface area contributed by atoms with Crippen molar-refractivity contribution >= 4 is 38.3 Å². The van der Waals surface area contributed by atoms with E-state index in [1.54, 1.807) is 12.4 Å². The summed E-state index contributed by atoms with van der Waals surface area (Å²) in [5.41, 5.74) is 10.7. The van der Waals surface area contributed by atoms with E-state index in [1.165, 1.54) is 0 Å². The first-order chi connectivity index (χ1) is 10.1. The molecule has 1 atom stereocenters. The van der Waals surface area contributed by atoms with Gasteiger partial charge < -0.3 is 11.1 Å². The van der Waals surface area contributed by atoms with Crippen LogP contribution in [0.4, 0.5) is 11.4 Å². The number of nitrogens with one attached hydrogen (secondary N) is 1. The van der Waals surface area contributed by atoms with E-state index < -0.39 is 0 Å². The Labute approximate surface area is 131 Å². The first kappa shape index (κ1) is 14.0. The minimum atomic E-state index is -0.0381. The molecule has 0 radical (unpaired) electrons. The fourth-order valence-electron chi connectivity index (χ4n) is 2.26. The number of halogens is 1. The predicted octanol–water partition coefficient (Wildman–Crippen LogP) is 4.16. The van der Waals surface area contributed by atoms with Crippen LogP contribution in [0, 0.1) is 0 Å². The molecule has 0 saturated carbocycles. The maximum absolute atomic E-state index is 6.03. The zero-order valence-corrected chi connectivity index (χ0v) is 13.1. The molecule has 5 heteroatoms. The monoisotopic (exact) mass is 342 g/mol. The van der Waals surface area contributed by atoms with Crippen LogP contribution in [-0.4, -0.2) is 9.97 Å². The molecule has 1 aromatic carbocycles. The third-order valence-electron chi connectivity index (χ3n) is 3.26. The van der Waals surface area contributed by atoms with Gasteiger partial charge >= 0.3 is 0 Å². The first-order valence-electron chi connectivity index (χ1n) is 6.67. The Morgan fingerprint density at radius 3 is 2.76 bits per heavy atom. The summed E-state index contributed by atoms with van der Waals surface area (Å²) in [6.07, 6.45) is 3.54. The molecular weight excluding hydrogens is 328 g/mol. The third kappa shape index (κ3) is 2.89. The number of hydrogen-bond acceptors (Lipinski definition) is 4. The standard InChI is InChI=1S/C16H15BrN4/c1-10(18)12-4-2-3-5-13(12)21-14-6-7-19-15-8-11(17)9-20-16(14)15/h2-10H,18H2,1H3,(H,19,21). The third-order valence-corrected chi connectivity index (χ3v) is 3.70. The molecule has 2 heterocycles. The molecule has 0 fully saturated rings. The molecule has 21 heavy (non-hydrogen) atoms. The van der Waals surface area contributed by atoms with Gasteiger partial charge in [0.15, 0.2) is 0 Å². The topological polar surface area (TPSA) is 63.8 Å². The van der Waals surface area contributed by atoms with Gasteiger partial charge in [-0.1, -0.05) is 18.2 Å². The number of rotatable bonds is 3. The minimum Gasteiger partial charge on any atom is -0.353 e. The first-order valence-corrected chi connectivity index (χ1v) is 7.46. The van der Waals surface area contributed by atoms with Crippen molar-refractivity contribution in [3.05, 3.63) is 58.8 Å². The van der Waals surface area contributed by atoms with Gasteiger partial charge in [-0.25, -0.2) is 0 Å². The Hall–Kier alpha value is -1.98. The lowest BCUT2D eigenvalue weighted by Crippen LogP contribution is -2.08. The van der Waals surface area contributed by atoms with Crippen molar-refractivity contribution in [1.29, 1.82) is 0 Å². The number of nitrogens with zero attached hydrogens (tertiary/aromatic N) is 2. The second kappa shape index (κ2) is 5.79. The van der Waals surface area contributed by atoms with Crippen molar-refractivity contribution in [3.63, 3.8) is 0 Å². The zero-order valence-electron chi connectivity index (χ0n) is 11.5. The van der Waals surface area contributed by atoms with Gasteiger partial charge in [-0.05, 0) is 46.6 Å². The highest BCUT2D eigenvalue weighted by molar-refractivity contribution is 9.10. The summed E-state index contributed by atoms with van der Waals surface area (Å²) < 4.78 is 0.913. The van der Waals surface area contributed by atoms with Crippen molar-refractivity contribution in [2.24, 2.45) is 5.73 Å². The molecule has 0 spiro atoms. The molecule has 2 aromatic heterocycles. The smallest absolute Gasteiger partial charge is 0.112 e. The van der Waals surface area contributed by atoms with Crippen LogP contribution in [0.5, 0.6) is 0 Å². The molecule has 0 amide bonds. The maximum Gasteiger partial charge on any atom is 0.112 e. The number of anilines is 2. The summed E-state index contributed by atoms with van der Waals surface area (Å²) in [5.74, 6) is 0. The van der Waals surface area contributed by atoms with Crippen LogP contribution in [0.2, 0.25) is 0 Å². The van der Waals surface area contributed by atoms with Gasteiger partial charge in [-0.3, -0.25) is 9.97 Å². The second-order valence-corrected chi connectivity index (χ2v) is 5.80. The fourth-order valence-corrected chi connectivity index (χ4v) is 2.58. The lowest BCUT2D eigenvalue weighted by Gasteiger charge is -2.15. The van der Waals surface area contributed by atoms with E-state index in [1.807, 2.05) is 43.3 Å². The number of nitrogens with two attached hydrogens (primary N) is 1. The molecule has 0 aliphatic rings. The van der Waals surface area contributed by atoms with Gasteiger partial charge in [-0.2, -0.15) is 0 Å². The number of para-hydroxylation sites is 1. The van der Waals surface area contributed by atoms with Gasteiger partial charge in [0.1, 0.15) is 5.52 Å². The summed E-state index contributed by atoms with van der Waals surface area (Å²) in [7, 11) is 0. The lowest BCUT2D eigenvalue weighted by molar-refractivity contribution is 0.820. The van der Waals surface area contributed by atoms with Gasteiger partial charge in [0.25, 0.3) is 0 Å². The van der Waals surface area contributed by atoms with Crippen molar-refractivity contribution in [1.82, 2.24) is 9.97 Å². The predicted molar refractivity (Wildman–Crippen MR) is 89.6 cm³/mol. The van der Waals surface area contributed by atoms with Crippen molar-refractivity contribution in [3.8, 4) is 0 Å². The van der Waals surface area contributed by atoms with Crippen LogP contribution in [0.25, 0.3) is 11.0 Å². The van der Waals surface area contributed by atoms with E-state index in [0.29, 0.717) is 0 Å². The van der Waals surface area contributed by atoms with E-state index >= 15 is 0 Å². The molecule has 0 aliphatic carbocycles. The normalized spacial score (nSPS) is 12.3. The number of pyridine rings is 2. The fraction of sp³-hybridized carbons (Fsp3) is 0.125. The number of hydrogen-bond donors (Lipinski definition) is 2. The Morgan fingerprint density at radius 2 is 1.95 bits per heavy atom. The molecule has 106 valence electrons. The molecule has 0 bridgehead atoms. The van der Waals surface area contributed by atoms with Crippen LogP contribution >= 0.6 is 15.9 Å². The second-order valence-electron chi connectivity index (χ2n) is 4.88. The largest absolute Gasteiger partial charge is 0.353 e. The molecule has 1 unspecified atom stereocenters. The SMILES string of the molecule is CC(N)c1ccccc1Nc1ccnc2cc(Br)cnc12. The van der Waals surface area contributed by atoms with Crippen molar-refractivity contribution < 1.29 is 0 Å². The summed E-state index contributed by atoms with van der Waals surface area (Å²) in [5, 5.41) is 3.42. The Morgan fingerprint density at radius 1 is 1.14 bits per heavy atom. The van der Waals surface area contributed by atoms with E-state index in [-0.39, 0.29) is 6.04 Å². The molecule has 3 rings (SSSR count). The Balaban J connectivity index is 2.07. The number of fused-ring (bicyclic) bond motifs is 1. The number of aromatic nitrogens is 2. The Bertz CT molecular complexity index is 786. The molecule has 3 N–H and O–H groups in total. The van der Waals surface area contributed by atoms with Crippen molar-refractivity contribution in [2.75, 3.05) is 5.32 Å². The molecule has 4 nitrogen and oxygen atoms in total. The minimum absolute atomic E-state index is 0.0381. The van der Waals surface area contributed by atoms with Gasteiger partial charge in [0.05, 0.1) is 11.2 Å². The van der Waals surface area contributed by atoms with Crippen LogP contribution in [0.15, 0.2) is 53.3 Å². The summed E-state index contributed by atoms with van der Waals surface area (Å²) in [6, 6.07) is 11.9. The highest BCUT2D eigenvalue weighted by Crippen LogP contribution is 2.28. The molecular formula is C16H15BrN4. The summed E-state index contributed by atoms with van der Waals surface area (Å²) in [6.45, 7) is 1.97. The quantitative estimate of drug-likeness (QED) is 0.750. The van der Waals surface area contributed by atoms with E-state index in [0.717, 1.165) is 32.4 Å². The van der Waals surface area contributed by atoms with Crippen LogP contribution in [-0.2, 0) is 0 Å². The molecule has 0 saturated heterocycles. The highest BCUT2D eigenvalue weighted by Gasteiger charge is 2.09. The van der Waals surface area contributed by atoms with Gasteiger partial charge in [0.2, 0.25) is 0 Å². The average molecular weight is 343 g/mol. The van der Waals surface area contributed by atoms with E-state index in [4.69, 9.17) is 5.73 Å². The lowest BCUT2D eigenvalue weighted by atomic mass is 10.1. The van der Waals surface area contributed by atoms with Crippen molar-refractivity contribution in [2.45, 2.75) is 13.0 Å². The number of benzene rings is 1. The molecule has 3 aromatic rings.